The highest BCUT2D eigenvalue weighted by molar-refractivity contribution is 6.31. The molecule has 19 heavy (non-hydrogen) atoms. The number of nitrogens with one attached hydrogen (secondary N) is 1. The molecule has 1 aromatic carbocycles. The quantitative estimate of drug-likeness (QED) is 0.935. The van der Waals surface area contributed by atoms with Crippen molar-refractivity contribution in [3.8, 4) is 0 Å². The average Bonchev–Trinajstić information content (AvgIpc) is 3.16. The first kappa shape index (κ1) is 12.2. The Morgan fingerprint density at radius 2 is 2.21 bits per heavy atom. The van der Waals surface area contributed by atoms with Gasteiger partial charge >= 0.3 is 0 Å². The van der Waals surface area contributed by atoms with Gasteiger partial charge in [-0.3, -0.25) is 9.48 Å². The summed E-state index contributed by atoms with van der Waals surface area (Å²) in [6.45, 7) is 0. The molecular weight excluding hydrogens is 262 g/mol. The Hall–Kier alpha value is -1.81. The lowest BCUT2D eigenvalue weighted by Crippen LogP contribution is -2.14. The average molecular weight is 276 g/mol. The molecule has 0 radical (unpaired) electrons. The molecule has 0 saturated heterocycles. The van der Waals surface area contributed by atoms with Crippen LogP contribution in [0.25, 0.3) is 0 Å². The van der Waals surface area contributed by atoms with E-state index in [1.54, 1.807) is 28.9 Å². The normalized spacial score (nSPS) is 14.4. The van der Waals surface area contributed by atoms with E-state index in [-0.39, 0.29) is 5.91 Å². The van der Waals surface area contributed by atoms with Crippen LogP contribution in [0.2, 0.25) is 5.02 Å². The molecule has 3 rings (SSSR count). The second-order valence-electron chi connectivity index (χ2n) is 4.82. The van der Waals surface area contributed by atoms with Crippen molar-refractivity contribution >= 4 is 23.3 Å². The first-order chi connectivity index (χ1) is 9.13. The molecule has 1 saturated carbocycles. The van der Waals surface area contributed by atoms with E-state index in [4.69, 9.17) is 11.6 Å². The van der Waals surface area contributed by atoms with E-state index >= 15 is 0 Å². The smallest absolute Gasteiger partial charge is 0.256 e. The van der Waals surface area contributed by atoms with Crippen molar-refractivity contribution in [3.63, 3.8) is 0 Å². The fourth-order valence-corrected chi connectivity index (χ4v) is 2.19. The number of carbonyl (C=O) groups is 1. The Morgan fingerprint density at radius 3 is 2.89 bits per heavy atom. The number of halogens is 1. The number of nitrogens with zero attached hydrogens (tertiary/aromatic N) is 2. The molecule has 1 aromatic heterocycles. The van der Waals surface area contributed by atoms with Crippen molar-refractivity contribution in [2.24, 2.45) is 7.05 Å². The zero-order valence-corrected chi connectivity index (χ0v) is 11.3. The number of aryl methyl sites for hydroxylation is 1. The fraction of sp³-hybridized carbons (Fsp3) is 0.286. The van der Waals surface area contributed by atoms with Crippen molar-refractivity contribution in [3.05, 3.63) is 46.6 Å². The fourth-order valence-electron chi connectivity index (χ4n) is 2.00. The summed E-state index contributed by atoms with van der Waals surface area (Å²) in [4.78, 5) is 12.1. The van der Waals surface area contributed by atoms with Crippen LogP contribution in [0.5, 0.6) is 0 Å². The Bertz CT molecular complexity index is 631. The first-order valence-electron chi connectivity index (χ1n) is 6.24. The third kappa shape index (κ3) is 2.63. The maximum atomic E-state index is 12.1. The minimum atomic E-state index is -0.173. The van der Waals surface area contributed by atoms with Crippen molar-refractivity contribution in [1.82, 2.24) is 9.78 Å². The zero-order chi connectivity index (χ0) is 13.4. The molecule has 0 atom stereocenters. The van der Waals surface area contributed by atoms with Gasteiger partial charge in [-0.2, -0.15) is 5.10 Å². The zero-order valence-electron chi connectivity index (χ0n) is 10.6. The lowest BCUT2D eigenvalue weighted by atomic mass is 10.2. The molecule has 2 aromatic rings. The van der Waals surface area contributed by atoms with Gasteiger partial charge in [-0.05, 0) is 31.0 Å². The van der Waals surface area contributed by atoms with Gasteiger partial charge in [0, 0.05) is 29.6 Å². The first-order valence-corrected chi connectivity index (χ1v) is 6.62. The highest BCUT2D eigenvalue weighted by Crippen LogP contribution is 2.39. The summed E-state index contributed by atoms with van der Waals surface area (Å²) in [7, 11) is 1.83. The molecule has 1 amide bonds. The number of hydrogen-bond donors (Lipinski definition) is 1. The Balaban J connectivity index is 1.79. The van der Waals surface area contributed by atoms with Crippen LogP contribution in [-0.2, 0) is 7.05 Å². The molecule has 0 unspecified atom stereocenters. The number of hydrogen-bond acceptors (Lipinski definition) is 2. The Labute approximate surface area is 116 Å². The molecule has 5 heteroatoms. The van der Waals surface area contributed by atoms with Crippen LogP contribution in [0.1, 0.15) is 34.8 Å². The Morgan fingerprint density at radius 1 is 1.42 bits per heavy atom. The van der Waals surface area contributed by atoms with E-state index in [1.807, 2.05) is 13.1 Å². The molecule has 4 nitrogen and oxygen atoms in total. The monoisotopic (exact) mass is 275 g/mol. The molecule has 1 fully saturated rings. The van der Waals surface area contributed by atoms with Crippen molar-refractivity contribution in [1.29, 1.82) is 0 Å². The van der Waals surface area contributed by atoms with E-state index < -0.39 is 0 Å². The van der Waals surface area contributed by atoms with Crippen LogP contribution in [0.3, 0.4) is 0 Å². The van der Waals surface area contributed by atoms with Gasteiger partial charge in [0.25, 0.3) is 5.91 Å². The summed E-state index contributed by atoms with van der Waals surface area (Å²) < 4.78 is 1.70. The van der Waals surface area contributed by atoms with Crippen LogP contribution < -0.4 is 5.32 Å². The van der Waals surface area contributed by atoms with Gasteiger partial charge < -0.3 is 5.32 Å². The Kier molecular flexibility index (Phi) is 3.03. The minimum absolute atomic E-state index is 0.173. The summed E-state index contributed by atoms with van der Waals surface area (Å²) >= 11 is 5.88. The standard InChI is InChI=1S/C14H14ClN3O/c1-18-13(8-12(17-18)9-5-6-9)16-14(19)10-3-2-4-11(15)7-10/h2-4,7-9H,5-6H2,1H3,(H,16,19). The van der Waals surface area contributed by atoms with Crippen LogP contribution in [0, 0.1) is 0 Å². The largest absolute Gasteiger partial charge is 0.307 e. The predicted molar refractivity (Wildman–Crippen MR) is 74.6 cm³/mol. The summed E-state index contributed by atoms with van der Waals surface area (Å²) in [5.74, 6) is 1.11. The third-order valence-electron chi connectivity index (χ3n) is 3.22. The van der Waals surface area contributed by atoms with Crippen molar-refractivity contribution in [2.75, 3.05) is 5.32 Å². The van der Waals surface area contributed by atoms with Crippen molar-refractivity contribution in [2.45, 2.75) is 18.8 Å². The van der Waals surface area contributed by atoms with Crippen LogP contribution in [0.4, 0.5) is 5.82 Å². The van der Waals surface area contributed by atoms with Crippen LogP contribution in [0.15, 0.2) is 30.3 Å². The van der Waals surface area contributed by atoms with Gasteiger partial charge in [-0.25, -0.2) is 0 Å². The molecule has 1 heterocycles. The van der Waals surface area contributed by atoms with Crippen molar-refractivity contribution < 1.29 is 4.79 Å². The molecular formula is C14H14ClN3O. The number of benzene rings is 1. The van der Waals surface area contributed by atoms with Gasteiger partial charge in [0.2, 0.25) is 0 Å². The SMILES string of the molecule is Cn1nc(C2CC2)cc1NC(=O)c1cccc(Cl)c1. The van der Waals surface area contributed by atoms with E-state index in [2.05, 4.69) is 10.4 Å². The lowest BCUT2D eigenvalue weighted by molar-refractivity contribution is 0.102. The van der Waals surface area contributed by atoms with E-state index in [0.717, 1.165) is 5.69 Å². The molecule has 0 spiro atoms. The van der Waals surface area contributed by atoms with Gasteiger partial charge in [0.15, 0.2) is 0 Å². The number of amides is 1. The van der Waals surface area contributed by atoms with E-state index in [9.17, 15) is 4.79 Å². The van der Waals surface area contributed by atoms with Gasteiger partial charge in [0.05, 0.1) is 5.69 Å². The highest BCUT2D eigenvalue weighted by atomic mass is 35.5. The number of aromatic nitrogens is 2. The summed E-state index contributed by atoms with van der Waals surface area (Å²) in [6.07, 6.45) is 2.39. The summed E-state index contributed by atoms with van der Waals surface area (Å²) in [5, 5.41) is 7.82. The topological polar surface area (TPSA) is 46.9 Å². The molecule has 0 bridgehead atoms. The second-order valence-corrected chi connectivity index (χ2v) is 5.25. The second kappa shape index (κ2) is 4.70. The van der Waals surface area contributed by atoms with E-state index in [0.29, 0.717) is 22.3 Å². The molecule has 1 aliphatic rings. The molecule has 1 aliphatic carbocycles. The maximum Gasteiger partial charge on any atom is 0.256 e. The van der Waals surface area contributed by atoms with Crippen LogP contribution in [-0.4, -0.2) is 15.7 Å². The number of rotatable bonds is 3. The summed E-state index contributed by atoms with van der Waals surface area (Å²) in [6, 6.07) is 8.83. The number of carbonyl (C=O) groups excluding carboxylic acids is 1. The molecule has 98 valence electrons. The predicted octanol–water partition coefficient (Wildman–Crippen LogP) is 3.20. The lowest BCUT2D eigenvalue weighted by Gasteiger charge is -2.05. The number of anilines is 1. The van der Waals surface area contributed by atoms with Crippen LogP contribution >= 0.6 is 11.6 Å². The van der Waals surface area contributed by atoms with E-state index in [1.165, 1.54) is 12.8 Å². The molecule has 1 N–H and O–H groups in total. The van der Waals surface area contributed by atoms with Gasteiger partial charge in [0.1, 0.15) is 5.82 Å². The summed E-state index contributed by atoms with van der Waals surface area (Å²) in [5.41, 5.74) is 1.60. The third-order valence-corrected chi connectivity index (χ3v) is 3.46. The molecule has 0 aliphatic heterocycles. The van der Waals surface area contributed by atoms with Gasteiger partial charge in [-0.1, -0.05) is 17.7 Å². The van der Waals surface area contributed by atoms with Gasteiger partial charge in [-0.15, -0.1) is 0 Å². The highest BCUT2D eigenvalue weighted by Gasteiger charge is 2.27. The minimum Gasteiger partial charge on any atom is -0.307 e. The maximum absolute atomic E-state index is 12.1.